The van der Waals surface area contributed by atoms with Crippen molar-refractivity contribution in [2.24, 2.45) is 11.7 Å². The van der Waals surface area contributed by atoms with Gasteiger partial charge in [-0.2, -0.15) is 0 Å². The maximum atomic E-state index is 11.4. The average molecular weight is 242 g/mol. The highest BCUT2D eigenvalue weighted by atomic mass is 32.1. The maximum Gasteiger partial charge on any atom is 0.228 e. The second-order valence-electron chi connectivity index (χ2n) is 3.89. The molecule has 0 unspecified atom stereocenters. The Kier molecular flexibility index (Phi) is 5.34. The number of carbonyl (C=O) groups is 1. The number of hydrogen-bond donors (Lipinski definition) is 2. The topological polar surface area (TPSA) is 80.9 Å². The monoisotopic (exact) mass is 242 g/mol. The molecule has 6 heteroatoms. The first-order valence-corrected chi connectivity index (χ1v) is 6.28. The van der Waals surface area contributed by atoms with Crippen molar-refractivity contribution in [3.63, 3.8) is 0 Å². The highest BCUT2D eigenvalue weighted by molar-refractivity contribution is 7.15. The Bertz CT molecular complexity index is 337. The van der Waals surface area contributed by atoms with Gasteiger partial charge in [-0.05, 0) is 19.4 Å². The summed E-state index contributed by atoms with van der Waals surface area (Å²) in [5.41, 5.74) is 5.41. The highest BCUT2D eigenvalue weighted by Gasteiger charge is 2.10. The minimum atomic E-state index is -0.0374. The van der Waals surface area contributed by atoms with Gasteiger partial charge < -0.3 is 11.1 Å². The fraction of sp³-hybridized carbons (Fsp3) is 0.700. The first-order chi connectivity index (χ1) is 7.63. The van der Waals surface area contributed by atoms with Crippen molar-refractivity contribution in [2.45, 2.75) is 33.1 Å². The van der Waals surface area contributed by atoms with E-state index in [-0.39, 0.29) is 11.8 Å². The lowest BCUT2D eigenvalue weighted by molar-refractivity contribution is -0.118. The second kappa shape index (κ2) is 6.55. The summed E-state index contributed by atoms with van der Waals surface area (Å²) in [6.45, 7) is 4.40. The Labute approximate surface area is 99.5 Å². The molecule has 1 rings (SSSR count). The van der Waals surface area contributed by atoms with E-state index in [0.717, 1.165) is 24.3 Å². The van der Waals surface area contributed by atoms with E-state index in [1.54, 1.807) is 0 Å². The summed E-state index contributed by atoms with van der Waals surface area (Å²) < 4.78 is 0. The molecule has 0 spiro atoms. The summed E-state index contributed by atoms with van der Waals surface area (Å²) in [7, 11) is 0. The molecule has 0 radical (unpaired) electrons. The standard InChI is InChI=1S/C10H18N4OS/c1-7(2)9(15)12-10-14-13-8(16-10)5-3-4-6-11/h7H,3-6,11H2,1-2H3,(H,12,14,15). The van der Waals surface area contributed by atoms with Gasteiger partial charge in [0.15, 0.2) is 0 Å². The third-order valence-corrected chi connectivity index (χ3v) is 2.96. The van der Waals surface area contributed by atoms with Crippen molar-refractivity contribution in [2.75, 3.05) is 11.9 Å². The molecule has 0 saturated carbocycles. The fourth-order valence-corrected chi connectivity index (χ4v) is 1.86. The summed E-state index contributed by atoms with van der Waals surface area (Å²) in [5, 5.41) is 12.2. The van der Waals surface area contributed by atoms with Crippen LogP contribution in [0.4, 0.5) is 5.13 Å². The number of nitrogens with two attached hydrogens (primary N) is 1. The molecule has 1 heterocycles. The number of rotatable bonds is 6. The summed E-state index contributed by atoms with van der Waals surface area (Å²) in [6, 6.07) is 0. The van der Waals surface area contributed by atoms with Crippen molar-refractivity contribution in [3.8, 4) is 0 Å². The minimum Gasteiger partial charge on any atom is -0.330 e. The summed E-state index contributed by atoms with van der Waals surface area (Å²) in [6.07, 6.45) is 2.89. The molecule has 0 atom stereocenters. The van der Waals surface area contributed by atoms with E-state index in [4.69, 9.17) is 5.73 Å². The maximum absolute atomic E-state index is 11.4. The lowest BCUT2D eigenvalue weighted by atomic mass is 10.2. The molecule has 1 aromatic heterocycles. The van der Waals surface area contributed by atoms with E-state index in [0.29, 0.717) is 11.7 Å². The van der Waals surface area contributed by atoms with E-state index in [1.165, 1.54) is 11.3 Å². The number of unbranched alkanes of at least 4 members (excludes halogenated alkanes) is 1. The van der Waals surface area contributed by atoms with Crippen LogP contribution in [0.15, 0.2) is 0 Å². The molecule has 5 nitrogen and oxygen atoms in total. The highest BCUT2D eigenvalue weighted by Crippen LogP contribution is 2.17. The number of hydrogen-bond acceptors (Lipinski definition) is 5. The van der Waals surface area contributed by atoms with Crippen LogP contribution >= 0.6 is 11.3 Å². The van der Waals surface area contributed by atoms with E-state index in [2.05, 4.69) is 15.5 Å². The molecule has 0 fully saturated rings. The Morgan fingerprint density at radius 3 is 2.81 bits per heavy atom. The number of amides is 1. The molecule has 0 bridgehead atoms. The number of nitrogens with zero attached hydrogens (tertiary/aromatic N) is 2. The predicted octanol–water partition coefficient (Wildman–Crippen LogP) is 1.41. The van der Waals surface area contributed by atoms with Crippen LogP contribution in [-0.2, 0) is 11.2 Å². The third kappa shape index (κ3) is 4.24. The Hall–Kier alpha value is -1.01. The van der Waals surface area contributed by atoms with Crippen LogP contribution in [0, 0.1) is 5.92 Å². The van der Waals surface area contributed by atoms with Gasteiger partial charge in [-0.3, -0.25) is 4.79 Å². The SMILES string of the molecule is CC(C)C(=O)Nc1nnc(CCCCN)s1. The number of nitrogens with one attached hydrogen (secondary N) is 1. The molecule has 0 aliphatic rings. The first-order valence-electron chi connectivity index (χ1n) is 5.46. The molecule has 16 heavy (non-hydrogen) atoms. The Morgan fingerprint density at radius 2 is 2.19 bits per heavy atom. The van der Waals surface area contributed by atoms with Gasteiger partial charge in [-0.15, -0.1) is 10.2 Å². The number of carbonyl (C=O) groups excluding carboxylic acids is 1. The van der Waals surface area contributed by atoms with Gasteiger partial charge in [0.1, 0.15) is 5.01 Å². The zero-order chi connectivity index (χ0) is 12.0. The van der Waals surface area contributed by atoms with Crippen LogP contribution in [0.3, 0.4) is 0 Å². The number of aromatic nitrogens is 2. The van der Waals surface area contributed by atoms with Crippen LogP contribution in [0.5, 0.6) is 0 Å². The van der Waals surface area contributed by atoms with E-state index in [1.807, 2.05) is 13.8 Å². The molecule has 90 valence electrons. The third-order valence-electron chi connectivity index (χ3n) is 2.07. The quantitative estimate of drug-likeness (QED) is 0.739. The lowest BCUT2D eigenvalue weighted by Gasteiger charge is -2.02. The fourth-order valence-electron chi connectivity index (χ4n) is 1.08. The lowest BCUT2D eigenvalue weighted by Crippen LogP contribution is -2.17. The number of aryl methyl sites for hydroxylation is 1. The van der Waals surface area contributed by atoms with Crippen molar-refractivity contribution >= 4 is 22.4 Å². The molecular formula is C10H18N4OS. The van der Waals surface area contributed by atoms with Crippen LogP contribution in [0.2, 0.25) is 0 Å². The number of anilines is 1. The van der Waals surface area contributed by atoms with Gasteiger partial charge >= 0.3 is 0 Å². The zero-order valence-corrected chi connectivity index (χ0v) is 10.5. The van der Waals surface area contributed by atoms with Gasteiger partial charge in [0.05, 0.1) is 0 Å². The molecule has 1 amide bonds. The molecule has 3 N–H and O–H groups in total. The predicted molar refractivity (Wildman–Crippen MR) is 65.4 cm³/mol. The van der Waals surface area contributed by atoms with Gasteiger partial charge in [0.25, 0.3) is 0 Å². The second-order valence-corrected chi connectivity index (χ2v) is 4.95. The average Bonchev–Trinajstić information content (AvgIpc) is 2.66. The van der Waals surface area contributed by atoms with E-state index >= 15 is 0 Å². The van der Waals surface area contributed by atoms with Crippen molar-refractivity contribution in [3.05, 3.63) is 5.01 Å². The van der Waals surface area contributed by atoms with Gasteiger partial charge in [-0.1, -0.05) is 25.2 Å². The van der Waals surface area contributed by atoms with E-state index < -0.39 is 0 Å². The van der Waals surface area contributed by atoms with Crippen molar-refractivity contribution in [1.29, 1.82) is 0 Å². The van der Waals surface area contributed by atoms with Gasteiger partial charge in [0.2, 0.25) is 11.0 Å². The van der Waals surface area contributed by atoms with Crippen LogP contribution in [0.25, 0.3) is 0 Å². The summed E-state index contributed by atoms with van der Waals surface area (Å²) in [4.78, 5) is 11.4. The minimum absolute atomic E-state index is 0.0235. The molecule has 0 aromatic carbocycles. The van der Waals surface area contributed by atoms with Crippen LogP contribution in [0.1, 0.15) is 31.7 Å². The van der Waals surface area contributed by atoms with Crippen LogP contribution in [-0.4, -0.2) is 22.6 Å². The summed E-state index contributed by atoms with van der Waals surface area (Å²) in [5.74, 6) is -0.0609. The normalized spacial score (nSPS) is 10.8. The first kappa shape index (κ1) is 13.1. The zero-order valence-electron chi connectivity index (χ0n) is 9.69. The van der Waals surface area contributed by atoms with Gasteiger partial charge in [-0.25, -0.2) is 0 Å². The molecule has 0 aliphatic carbocycles. The Morgan fingerprint density at radius 1 is 1.44 bits per heavy atom. The van der Waals surface area contributed by atoms with E-state index in [9.17, 15) is 4.79 Å². The molecule has 0 saturated heterocycles. The molecule has 0 aliphatic heterocycles. The largest absolute Gasteiger partial charge is 0.330 e. The van der Waals surface area contributed by atoms with Gasteiger partial charge in [0, 0.05) is 12.3 Å². The van der Waals surface area contributed by atoms with Crippen molar-refractivity contribution in [1.82, 2.24) is 10.2 Å². The smallest absolute Gasteiger partial charge is 0.228 e. The van der Waals surface area contributed by atoms with Crippen LogP contribution < -0.4 is 11.1 Å². The molecule has 1 aromatic rings. The summed E-state index contributed by atoms with van der Waals surface area (Å²) >= 11 is 1.43. The molecular weight excluding hydrogens is 224 g/mol. The van der Waals surface area contributed by atoms with Crippen molar-refractivity contribution < 1.29 is 4.79 Å². The Balaban J connectivity index is 2.42.